The molecule has 0 fully saturated rings. The minimum Gasteiger partial charge on any atom is -0.0998 e. The minimum absolute atomic E-state index is 0.647. The van der Waals surface area contributed by atoms with Crippen LogP contribution in [0.15, 0.2) is 47.1 Å². The maximum absolute atomic E-state index is 4.18. The molecule has 20 heavy (non-hydrogen) atoms. The van der Waals surface area contributed by atoms with Crippen LogP contribution in [0.25, 0.3) is 0 Å². The monoisotopic (exact) mass is 272 g/mol. The maximum atomic E-state index is 4.18. The second kappa shape index (κ2) is 9.00. The van der Waals surface area contributed by atoms with Gasteiger partial charge in [0.2, 0.25) is 0 Å². The van der Waals surface area contributed by atoms with Gasteiger partial charge in [-0.25, -0.2) is 0 Å². The van der Waals surface area contributed by atoms with E-state index in [1.54, 1.807) is 11.1 Å². The van der Waals surface area contributed by atoms with Crippen molar-refractivity contribution in [3.05, 3.63) is 47.1 Å². The third-order valence-electron chi connectivity index (χ3n) is 4.40. The third-order valence-corrected chi connectivity index (χ3v) is 4.40. The fourth-order valence-corrected chi connectivity index (χ4v) is 2.71. The highest BCUT2D eigenvalue weighted by Crippen LogP contribution is 2.24. The van der Waals surface area contributed by atoms with Gasteiger partial charge in [0.1, 0.15) is 0 Å². The molecule has 1 rings (SSSR count). The molecule has 0 N–H and O–H groups in total. The summed E-state index contributed by atoms with van der Waals surface area (Å²) in [6.45, 7) is 13.2. The van der Waals surface area contributed by atoms with Gasteiger partial charge >= 0.3 is 0 Å². The Hall–Kier alpha value is -1.04. The highest BCUT2D eigenvalue weighted by Gasteiger charge is 2.08. The molecule has 0 bridgehead atoms. The smallest absolute Gasteiger partial charge is 0.0171 e. The first-order valence-corrected chi connectivity index (χ1v) is 8.11. The fraction of sp³-hybridized carbons (Fsp3) is 0.600. The van der Waals surface area contributed by atoms with Crippen LogP contribution in [0.4, 0.5) is 0 Å². The van der Waals surface area contributed by atoms with E-state index >= 15 is 0 Å². The average molecular weight is 272 g/mol. The molecule has 0 saturated heterocycles. The van der Waals surface area contributed by atoms with E-state index < -0.39 is 0 Å². The van der Waals surface area contributed by atoms with Gasteiger partial charge in [0, 0.05) is 0 Å². The van der Waals surface area contributed by atoms with Crippen molar-refractivity contribution in [1.82, 2.24) is 0 Å². The first kappa shape index (κ1) is 17.0. The predicted octanol–water partition coefficient (Wildman–Crippen LogP) is 6.76. The Labute approximate surface area is 126 Å². The van der Waals surface area contributed by atoms with Gasteiger partial charge in [-0.05, 0) is 78.6 Å². The standard InChI is InChI=1S/C20H32/c1-16(2)20-14-12-18(4)10-6-8-17(3)9-7-11-19(5)13-15-20/h8,11-12,20H,1,6-7,9-10,13-15H2,2-5H3/b17-8+,18-12+,19-11+/t20-/m0/s1. The number of hydrogen-bond donors (Lipinski definition) is 0. The molecule has 1 aliphatic carbocycles. The lowest BCUT2D eigenvalue weighted by Crippen LogP contribution is -2.01. The molecule has 1 aliphatic rings. The molecule has 112 valence electrons. The molecule has 0 heteroatoms. The molecule has 0 radical (unpaired) electrons. The zero-order chi connectivity index (χ0) is 15.0. The van der Waals surface area contributed by atoms with Crippen molar-refractivity contribution < 1.29 is 0 Å². The van der Waals surface area contributed by atoms with Crippen LogP contribution in [0.5, 0.6) is 0 Å². The summed E-state index contributed by atoms with van der Waals surface area (Å²) in [4.78, 5) is 0. The molecule has 0 nitrogen and oxygen atoms in total. The van der Waals surface area contributed by atoms with Crippen LogP contribution >= 0.6 is 0 Å². The van der Waals surface area contributed by atoms with Crippen LogP contribution in [0.3, 0.4) is 0 Å². The van der Waals surface area contributed by atoms with Crippen LogP contribution in [0.2, 0.25) is 0 Å². The zero-order valence-corrected chi connectivity index (χ0v) is 14.0. The summed E-state index contributed by atoms with van der Waals surface area (Å²) in [5.41, 5.74) is 5.95. The highest BCUT2D eigenvalue weighted by atomic mass is 14.1. The predicted molar refractivity (Wildman–Crippen MR) is 91.9 cm³/mol. The fourth-order valence-electron chi connectivity index (χ4n) is 2.71. The Morgan fingerprint density at radius 1 is 0.900 bits per heavy atom. The molecule has 0 saturated carbocycles. The number of rotatable bonds is 1. The summed E-state index contributed by atoms with van der Waals surface area (Å²) < 4.78 is 0. The number of hydrogen-bond acceptors (Lipinski definition) is 0. The molecule has 0 aromatic heterocycles. The molecule has 0 spiro atoms. The Bertz CT molecular complexity index is 404. The molecule has 0 unspecified atom stereocenters. The molecule has 0 amide bonds. The van der Waals surface area contributed by atoms with Crippen LogP contribution in [0.1, 0.15) is 72.6 Å². The summed E-state index contributed by atoms with van der Waals surface area (Å²) in [5.74, 6) is 0.647. The molecule has 0 heterocycles. The summed E-state index contributed by atoms with van der Waals surface area (Å²) in [7, 11) is 0. The van der Waals surface area contributed by atoms with E-state index in [2.05, 4.69) is 52.5 Å². The van der Waals surface area contributed by atoms with Crippen molar-refractivity contribution in [2.45, 2.75) is 72.6 Å². The van der Waals surface area contributed by atoms with Crippen molar-refractivity contribution in [3.8, 4) is 0 Å². The molecule has 0 aromatic rings. The van der Waals surface area contributed by atoms with Gasteiger partial charge in [-0.1, -0.05) is 47.1 Å². The lowest BCUT2D eigenvalue weighted by molar-refractivity contribution is 0.564. The van der Waals surface area contributed by atoms with Gasteiger partial charge in [0.15, 0.2) is 0 Å². The van der Waals surface area contributed by atoms with Gasteiger partial charge < -0.3 is 0 Å². The van der Waals surface area contributed by atoms with Crippen LogP contribution < -0.4 is 0 Å². The molecular weight excluding hydrogens is 240 g/mol. The SMILES string of the molecule is C=C(C)[C@H]1C/C=C(\C)CC/C=C(\C)CC/C=C(\C)CC1. The molecular formula is C20H32. The third kappa shape index (κ3) is 6.93. The van der Waals surface area contributed by atoms with Gasteiger partial charge in [-0.15, -0.1) is 0 Å². The molecule has 0 aliphatic heterocycles. The number of allylic oxidation sites excluding steroid dienone is 7. The summed E-state index contributed by atoms with van der Waals surface area (Å²) in [6.07, 6.45) is 15.7. The minimum atomic E-state index is 0.647. The first-order valence-electron chi connectivity index (χ1n) is 8.11. The van der Waals surface area contributed by atoms with E-state index in [4.69, 9.17) is 0 Å². The summed E-state index contributed by atoms with van der Waals surface area (Å²) in [5, 5.41) is 0. The van der Waals surface area contributed by atoms with E-state index in [9.17, 15) is 0 Å². The van der Waals surface area contributed by atoms with E-state index in [1.165, 1.54) is 49.7 Å². The molecule has 1 atom stereocenters. The molecule has 0 aromatic carbocycles. The van der Waals surface area contributed by atoms with E-state index in [1.807, 2.05) is 0 Å². The quantitative estimate of drug-likeness (QED) is 0.462. The van der Waals surface area contributed by atoms with Crippen LogP contribution in [0, 0.1) is 5.92 Å². The zero-order valence-electron chi connectivity index (χ0n) is 14.0. The van der Waals surface area contributed by atoms with Gasteiger partial charge in [0.05, 0.1) is 0 Å². The van der Waals surface area contributed by atoms with E-state index in [-0.39, 0.29) is 0 Å². The summed E-state index contributed by atoms with van der Waals surface area (Å²) in [6, 6.07) is 0. The van der Waals surface area contributed by atoms with Crippen molar-refractivity contribution in [1.29, 1.82) is 0 Å². The van der Waals surface area contributed by atoms with Gasteiger partial charge in [-0.3, -0.25) is 0 Å². The lowest BCUT2D eigenvalue weighted by atomic mass is 9.89. The van der Waals surface area contributed by atoms with E-state index in [0.717, 1.165) is 6.42 Å². The Balaban J connectivity index is 2.77. The average Bonchev–Trinajstić information content (AvgIpc) is 2.37. The second-order valence-corrected chi connectivity index (χ2v) is 6.55. The van der Waals surface area contributed by atoms with Crippen LogP contribution in [-0.4, -0.2) is 0 Å². The van der Waals surface area contributed by atoms with Crippen molar-refractivity contribution in [3.63, 3.8) is 0 Å². The Morgan fingerprint density at radius 3 is 1.95 bits per heavy atom. The Morgan fingerprint density at radius 2 is 1.40 bits per heavy atom. The van der Waals surface area contributed by atoms with Crippen molar-refractivity contribution >= 4 is 0 Å². The van der Waals surface area contributed by atoms with Gasteiger partial charge in [-0.2, -0.15) is 0 Å². The first-order chi connectivity index (χ1) is 9.49. The largest absolute Gasteiger partial charge is 0.0998 e. The Kier molecular flexibility index (Phi) is 7.65. The van der Waals surface area contributed by atoms with E-state index in [0.29, 0.717) is 5.92 Å². The van der Waals surface area contributed by atoms with Crippen molar-refractivity contribution in [2.75, 3.05) is 0 Å². The van der Waals surface area contributed by atoms with Crippen molar-refractivity contribution in [2.24, 2.45) is 5.92 Å². The van der Waals surface area contributed by atoms with Gasteiger partial charge in [0.25, 0.3) is 0 Å². The van der Waals surface area contributed by atoms with Crippen LogP contribution in [-0.2, 0) is 0 Å². The normalized spacial score (nSPS) is 31.0. The lowest BCUT2D eigenvalue weighted by Gasteiger charge is -2.16. The maximum Gasteiger partial charge on any atom is -0.0171 e. The summed E-state index contributed by atoms with van der Waals surface area (Å²) >= 11 is 0. The highest BCUT2D eigenvalue weighted by molar-refractivity contribution is 5.09. The second-order valence-electron chi connectivity index (χ2n) is 6.55. The topological polar surface area (TPSA) is 0 Å².